The highest BCUT2D eigenvalue weighted by Gasteiger charge is 2.60. The highest BCUT2D eigenvalue weighted by atomic mass is 16.4. The molecule has 1 saturated heterocycles. The monoisotopic (exact) mass is 432 g/mol. The van der Waals surface area contributed by atoms with Crippen molar-refractivity contribution in [3.63, 3.8) is 0 Å². The average Bonchev–Trinajstić information content (AvgIpc) is 3.02. The number of carboxylic acids is 1. The number of nitrogens with zero attached hydrogens (tertiary/aromatic N) is 1. The minimum atomic E-state index is -0.848. The number of rotatable bonds is 5. The number of amides is 1. The molecule has 5 nitrogen and oxygen atoms in total. The molecule has 5 heteroatoms. The highest BCUT2D eigenvalue weighted by Crippen LogP contribution is 2.64. The zero-order chi connectivity index (χ0) is 22.6. The molecule has 176 valence electrons. The van der Waals surface area contributed by atoms with Crippen LogP contribution in [0.15, 0.2) is 0 Å². The molecule has 3 saturated carbocycles. The van der Waals surface area contributed by atoms with Crippen molar-refractivity contribution in [3.05, 3.63) is 0 Å². The fraction of sp³-hybridized carbons (Fsp3) is 0.923. The van der Waals surface area contributed by atoms with Crippen LogP contribution in [0, 0.1) is 34.0 Å². The molecule has 2 N–H and O–H groups in total. The largest absolute Gasteiger partial charge is 0.481 e. The standard InChI is InChI=1S/C26H44N2O3/c1-24(2,23(30)31)14-12-22(29)27-20-9-8-18-17-7-10-21-26(4,13-6-16-28(21)5)19(17)11-15-25(18,20)3/h17-21H,6-16H2,1-5H3,(H,27,29)(H,30,31)/t17-,18-,19-,20?,21+,25-,26+/m0/s1. The van der Waals surface area contributed by atoms with Gasteiger partial charge in [-0.3, -0.25) is 9.59 Å². The summed E-state index contributed by atoms with van der Waals surface area (Å²) in [6.07, 6.45) is 10.9. The van der Waals surface area contributed by atoms with Crippen molar-refractivity contribution in [2.45, 2.75) is 104 Å². The third-order valence-electron chi connectivity index (χ3n) is 10.5. The van der Waals surface area contributed by atoms with Crippen molar-refractivity contribution >= 4 is 11.9 Å². The van der Waals surface area contributed by atoms with Crippen LogP contribution in [-0.2, 0) is 9.59 Å². The molecule has 31 heavy (non-hydrogen) atoms. The molecule has 1 heterocycles. The molecule has 4 rings (SSSR count). The van der Waals surface area contributed by atoms with Crippen LogP contribution in [0.3, 0.4) is 0 Å². The Morgan fingerprint density at radius 2 is 1.74 bits per heavy atom. The van der Waals surface area contributed by atoms with Crippen LogP contribution >= 0.6 is 0 Å². The van der Waals surface area contributed by atoms with E-state index in [9.17, 15) is 14.7 Å². The lowest BCUT2D eigenvalue weighted by atomic mass is 9.47. The quantitative estimate of drug-likeness (QED) is 0.661. The predicted octanol–water partition coefficient (Wildman–Crippen LogP) is 4.70. The summed E-state index contributed by atoms with van der Waals surface area (Å²) in [6.45, 7) is 9.69. The lowest BCUT2D eigenvalue weighted by Crippen LogP contribution is -2.60. The Morgan fingerprint density at radius 1 is 1.03 bits per heavy atom. The van der Waals surface area contributed by atoms with Crippen molar-refractivity contribution < 1.29 is 14.7 Å². The number of likely N-dealkylation sites (tertiary alicyclic amines) is 1. The smallest absolute Gasteiger partial charge is 0.309 e. The highest BCUT2D eigenvalue weighted by molar-refractivity contribution is 5.78. The second kappa shape index (κ2) is 8.04. The molecule has 0 aromatic carbocycles. The fourth-order valence-electron chi connectivity index (χ4n) is 8.41. The minimum absolute atomic E-state index is 0.0351. The van der Waals surface area contributed by atoms with E-state index in [0.29, 0.717) is 18.3 Å². The number of carboxylic acid groups (broad SMARTS) is 1. The molecule has 0 bridgehead atoms. The van der Waals surface area contributed by atoms with E-state index in [1.165, 1.54) is 51.5 Å². The van der Waals surface area contributed by atoms with Crippen molar-refractivity contribution in [1.82, 2.24) is 10.2 Å². The van der Waals surface area contributed by atoms with Gasteiger partial charge in [0.2, 0.25) is 5.91 Å². The van der Waals surface area contributed by atoms with Crippen LogP contribution in [0.1, 0.15) is 91.9 Å². The van der Waals surface area contributed by atoms with Crippen LogP contribution in [-0.4, -0.2) is 47.6 Å². The summed E-state index contributed by atoms with van der Waals surface area (Å²) >= 11 is 0. The number of fused-ring (bicyclic) bond motifs is 5. The SMILES string of the molecule is CN1CCC[C@]2(C)[C@H]3CC[C@]4(C)C(NC(=O)CCC(C)(C)C(=O)O)CC[C@H]4[C@@H]3CC[C@@H]12. The van der Waals surface area contributed by atoms with Crippen LogP contribution in [0.2, 0.25) is 0 Å². The van der Waals surface area contributed by atoms with Gasteiger partial charge < -0.3 is 15.3 Å². The lowest BCUT2D eigenvalue weighted by Gasteiger charge is -2.62. The van der Waals surface area contributed by atoms with E-state index >= 15 is 0 Å². The number of aliphatic carboxylic acids is 1. The summed E-state index contributed by atoms with van der Waals surface area (Å²) < 4.78 is 0. The van der Waals surface area contributed by atoms with E-state index in [-0.39, 0.29) is 17.4 Å². The fourth-order valence-corrected chi connectivity index (χ4v) is 8.41. The zero-order valence-electron chi connectivity index (χ0n) is 20.4. The molecule has 1 aliphatic heterocycles. The molecule has 0 spiro atoms. The van der Waals surface area contributed by atoms with Gasteiger partial charge in [0.1, 0.15) is 0 Å². The lowest BCUT2D eigenvalue weighted by molar-refractivity contribution is -0.147. The molecular formula is C26H44N2O3. The van der Waals surface area contributed by atoms with Gasteiger partial charge in [-0.15, -0.1) is 0 Å². The molecule has 4 fully saturated rings. The molecule has 1 unspecified atom stereocenters. The third kappa shape index (κ3) is 3.83. The first-order valence-corrected chi connectivity index (χ1v) is 12.7. The van der Waals surface area contributed by atoms with Gasteiger partial charge in [0.25, 0.3) is 0 Å². The Hall–Kier alpha value is -1.10. The second-order valence-corrected chi connectivity index (χ2v) is 12.5. The van der Waals surface area contributed by atoms with E-state index < -0.39 is 11.4 Å². The summed E-state index contributed by atoms with van der Waals surface area (Å²) in [6, 6.07) is 1.000. The summed E-state index contributed by atoms with van der Waals surface area (Å²) in [5, 5.41) is 12.7. The summed E-state index contributed by atoms with van der Waals surface area (Å²) in [5.74, 6) is 1.56. The van der Waals surface area contributed by atoms with Gasteiger partial charge in [-0.25, -0.2) is 0 Å². The van der Waals surface area contributed by atoms with Crippen LogP contribution in [0.25, 0.3) is 0 Å². The molecule has 3 aliphatic carbocycles. The van der Waals surface area contributed by atoms with Crippen LogP contribution in [0.5, 0.6) is 0 Å². The van der Waals surface area contributed by atoms with Gasteiger partial charge >= 0.3 is 5.97 Å². The first kappa shape index (κ1) is 23.1. The maximum Gasteiger partial charge on any atom is 0.309 e. The number of hydrogen-bond acceptors (Lipinski definition) is 3. The number of carbonyl (C=O) groups is 2. The molecular weight excluding hydrogens is 388 g/mol. The number of nitrogens with one attached hydrogen (secondary N) is 1. The molecule has 0 radical (unpaired) electrons. The zero-order valence-corrected chi connectivity index (χ0v) is 20.4. The van der Waals surface area contributed by atoms with E-state index in [0.717, 1.165) is 30.2 Å². The van der Waals surface area contributed by atoms with Gasteiger partial charge in [-0.2, -0.15) is 0 Å². The van der Waals surface area contributed by atoms with E-state index in [1.807, 2.05) is 0 Å². The van der Waals surface area contributed by atoms with E-state index in [1.54, 1.807) is 13.8 Å². The van der Waals surface area contributed by atoms with Crippen LogP contribution in [0.4, 0.5) is 0 Å². The number of hydrogen-bond donors (Lipinski definition) is 2. The molecule has 7 atom stereocenters. The van der Waals surface area contributed by atoms with Gasteiger partial charge in [0, 0.05) is 18.5 Å². The van der Waals surface area contributed by atoms with Crippen molar-refractivity contribution in [2.75, 3.05) is 13.6 Å². The van der Waals surface area contributed by atoms with E-state index in [4.69, 9.17) is 0 Å². The van der Waals surface area contributed by atoms with Gasteiger partial charge in [-0.05, 0) is 114 Å². The number of piperidine rings is 1. The maximum atomic E-state index is 12.7. The maximum absolute atomic E-state index is 12.7. The minimum Gasteiger partial charge on any atom is -0.481 e. The third-order valence-corrected chi connectivity index (χ3v) is 10.5. The first-order valence-electron chi connectivity index (χ1n) is 12.7. The Labute approximate surface area is 188 Å². The summed E-state index contributed by atoms with van der Waals surface area (Å²) in [7, 11) is 2.34. The van der Waals surface area contributed by atoms with Crippen molar-refractivity contribution in [2.24, 2.45) is 34.0 Å². The summed E-state index contributed by atoms with van der Waals surface area (Å²) in [5.41, 5.74) is -0.192. The summed E-state index contributed by atoms with van der Waals surface area (Å²) in [4.78, 5) is 26.7. The molecule has 4 aliphatic rings. The first-order chi connectivity index (χ1) is 14.5. The van der Waals surface area contributed by atoms with E-state index in [2.05, 4.69) is 31.1 Å². The molecule has 0 aromatic heterocycles. The predicted molar refractivity (Wildman–Crippen MR) is 123 cm³/mol. The Morgan fingerprint density at radius 3 is 2.45 bits per heavy atom. The van der Waals surface area contributed by atoms with Crippen molar-refractivity contribution in [3.8, 4) is 0 Å². The van der Waals surface area contributed by atoms with Gasteiger partial charge in [-0.1, -0.05) is 13.8 Å². The Balaban J connectivity index is 1.42. The Bertz CT molecular complexity index is 721. The normalized spacial score (nSPS) is 42.9. The molecule has 0 aromatic rings. The Kier molecular flexibility index (Phi) is 5.98. The van der Waals surface area contributed by atoms with Crippen LogP contribution < -0.4 is 5.32 Å². The molecule has 1 amide bonds. The topological polar surface area (TPSA) is 69.6 Å². The number of carbonyl (C=O) groups excluding carboxylic acids is 1. The average molecular weight is 433 g/mol. The van der Waals surface area contributed by atoms with Crippen molar-refractivity contribution in [1.29, 1.82) is 0 Å². The second-order valence-electron chi connectivity index (χ2n) is 12.5. The van der Waals surface area contributed by atoms with Gasteiger partial charge in [0.15, 0.2) is 0 Å². The van der Waals surface area contributed by atoms with Gasteiger partial charge in [0.05, 0.1) is 5.41 Å².